The summed E-state index contributed by atoms with van der Waals surface area (Å²) in [6.07, 6.45) is 1.10. The summed E-state index contributed by atoms with van der Waals surface area (Å²) < 4.78 is 28.6. The van der Waals surface area contributed by atoms with Crippen molar-refractivity contribution in [1.82, 2.24) is 5.32 Å². The Hall–Kier alpha value is -0.663. The molecule has 0 unspecified atom stereocenters. The van der Waals surface area contributed by atoms with Crippen molar-refractivity contribution in [2.75, 3.05) is 5.75 Å². The van der Waals surface area contributed by atoms with Gasteiger partial charge in [0, 0.05) is 0 Å². The Morgan fingerprint density at radius 3 is 2.24 bits per heavy atom. The summed E-state index contributed by atoms with van der Waals surface area (Å²) in [5.41, 5.74) is -0.885. The molecule has 100 valence electrons. The molecule has 0 aliphatic rings. The number of hydrogen-bond donors (Lipinski definition) is 1. The lowest BCUT2D eigenvalue weighted by molar-refractivity contribution is -0.117. The van der Waals surface area contributed by atoms with Gasteiger partial charge in [0.1, 0.15) is 0 Å². The Bertz CT molecular complexity index is 395. The van der Waals surface area contributed by atoms with E-state index in [0.29, 0.717) is 0 Å². The monoisotopic (exact) mass is 279 g/mol. The lowest BCUT2D eigenvalue weighted by Crippen LogP contribution is -2.49. The standard InChI is InChI=1S/C10H21NO4SSi/c1-7-9(12)11-10(2,3)8-16(13,14)15-17(4,5)6/h7H,1,8H2,2-6H3,(H,11,12). The minimum absolute atomic E-state index is 0.260. The van der Waals surface area contributed by atoms with Gasteiger partial charge in [0.25, 0.3) is 10.1 Å². The molecule has 7 heteroatoms. The van der Waals surface area contributed by atoms with Crippen molar-refractivity contribution in [3.8, 4) is 0 Å². The molecule has 0 radical (unpaired) electrons. The first-order valence-electron chi connectivity index (χ1n) is 5.25. The van der Waals surface area contributed by atoms with E-state index in [-0.39, 0.29) is 5.75 Å². The maximum Gasteiger partial charge on any atom is 0.260 e. The zero-order chi connectivity index (χ0) is 13.9. The third-order valence-electron chi connectivity index (χ3n) is 1.56. The summed E-state index contributed by atoms with van der Waals surface area (Å²) in [6.45, 7) is 11.9. The van der Waals surface area contributed by atoms with E-state index in [1.807, 2.05) is 0 Å². The van der Waals surface area contributed by atoms with Gasteiger partial charge in [-0.3, -0.25) is 4.79 Å². The summed E-state index contributed by atoms with van der Waals surface area (Å²) in [5, 5.41) is 2.55. The maximum absolute atomic E-state index is 11.8. The number of hydrogen-bond acceptors (Lipinski definition) is 4. The van der Waals surface area contributed by atoms with Crippen LogP contribution < -0.4 is 5.32 Å². The molecule has 0 saturated heterocycles. The average Bonchev–Trinajstić information content (AvgIpc) is 1.94. The SMILES string of the molecule is C=CC(=O)NC(C)(C)CS(=O)(=O)O[Si](C)(C)C. The van der Waals surface area contributed by atoms with E-state index in [9.17, 15) is 13.2 Å². The Morgan fingerprint density at radius 1 is 1.41 bits per heavy atom. The quantitative estimate of drug-likeness (QED) is 0.586. The fourth-order valence-corrected chi connectivity index (χ4v) is 5.51. The van der Waals surface area contributed by atoms with E-state index >= 15 is 0 Å². The summed E-state index contributed by atoms with van der Waals surface area (Å²) in [4.78, 5) is 11.1. The molecule has 0 fully saturated rings. The summed E-state index contributed by atoms with van der Waals surface area (Å²) in [7, 11) is -5.80. The molecule has 1 amide bonds. The number of carbonyl (C=O) groups is 1. The van der Waals surface area contributed by atoms with Gasteiger partial charge in [0.05, 0.1) is 11.3 Å². The van der Waals surface area contributed by atoms with Gasteiger partial charge in [-0.1, -0.05) is 6.58 Å². The van der Waals surface area contributed by atoms with Crippen LogP contribution in [0.5, 0.6) is 0 Å². The third-order valence-corrected chi connectivity index (χ3v) is 5.65. The lowest BCUT2D eigenvalue weighted by Gasteiger charge is -2.27. The van der Waals surface area contributed by atoms with Gasteiger partial charge in [-0.05, 0) is 39.6 Å². The highest BCUT2D eigenvalue weighted by Gasteiger charge is 2.31. The van der Waals surface area contributed by atoms with Crippen LogP contribution in [0.1, 0.15) is 13.8 Å². The Morgan fingerprint density at radius 2 is 1.88 bits per heavy atom. The van der Waals surface area contributed by atoms with Crippen LogP contribution in [0.4, 0.5) is 0 Å². The van der Waals surface area contributed by atoms with Crippen molar-refractivity contribution in [2.24, 2.45) is 0 Å². The van der Waals surface area contributed by atoms with Crippen molar-refractivity contribution in [3.05, 3.63) is 12.7 Å². The van der Waals surface area contributed by atoms with E-state index in [2.05, 4.69) is 11.9 Å². The Kier molecular flexibility index (Phi) is 5.11. The Labute approximate surface area is 104 Å². The molecular formula is C10H21NO4SSi. The van der Waals surface area contributed by atoms with Crippen LogP contribution >= 0.6 is 0 Å². The molecule has 0 aliphatic heterocycles. The number of amides is 1. The highest BCUT2D eigenvalue weighted by molar-refractivity contribution is 7.87. The zero-order valence-corrected chi connectivity index (χ0v) is 12.8. The van der Waals surface area contributed by atoms with Crippen molar-refractivity contribution in [1.29, 1.82) is 0 Å². The normalized spacial score (nSPS) is 13.2. The molecule has 0 aromatic carbocycles. The first kappa shape index (κ1) is 16.3. The second-order valence-corrected chi connectivity index (χ2v) is 11.8. The van der Waals surface area contributed by atoms with Gasteiger partial charge in [0.15, 0.2) is 0 Å². The molecular weight excluding hydrogens is 258 g/mol. The maximum atomic E-state index is 11.8. The van der Waals surface area contributed by atoms with Crippen molar-refractivity contribution in [3.63, 3.8) is 0 Å². The second kappa shape index (κ2) is 5.32. The average molecular weight is 279 g/mol. The van der Waals surface area contributed by atoms with Crippen LogP contribution in [0.15, 0.2) is 12.7 Å². The van der Waals surface area contributed by atoms with E-state index in [1.165, 1.54) is 0 Å². The summed E-state index contributed by atoms with van der Waals surface area (Å²) >= 11 is 0. The van der Waals surface area contributed by atoms with Crippen molar-refractivity contribution < 1.29 is 17.1 Å². The topological polar surface area (TPSA) is 72.5 Å². The number of carbonyl (C=O) groups excluding carboxylic acids is 1. The largest absolute Gasteiger partial charge is 0.347 e. The van der Waals surface area contributed by atoms with Crippen LogP contribution in [0.3, 0.4) is 0 Å². The highest BCUT2D eigenvalue weighted by atomic mass is 32.2. The van der Waals surface area contributed by atoms with Crippen molar-refractivity contribution in [2.45, 2.75) is 39.0 Å². The van der Waals surface area contributed by atoms with Gasteiger partial charge in [0.2, 0.25) is 14.2 Å². The van der Waals surface area contributed by atoms with Crippen LogP contribution in [0.25, 0.3) is 0 Å². The molecule has 0 heterocycles. The molecule has 1 N–H and O–H groups in total. The van der Waals surface area contributed by atoms with Gasteiger partial charge >= 0.3 is 0 Å². The third kappa shape index (κ3) is 8.11. The molecule has 0 rings (SSSR count). The van der Waals surface area contributed by atoms with Crippen LogP contribution in [0.2, 0.25) is 19.6 Å². The highest BCUT2D eigenvalue weighted by Crippen LogP contribution is 2.14. The minimum atomic E-state index is -3.64. The first-order chi connectivity index (χ1) is 7.37. The summed E-state index contributed by atoms with van der Waals surface area (Å²) in [6, 6.07) is 0. The predicted molar refractivity (Wildman–Crippen MR) is 70.6 cm³/mol. The zero-order valence-electron chi connectivity index (χ0n) is 11.0. The molecule has 17 heavy (non-hydrogen) atoms. The smallest absolute Gasteiger partial charge is 0.260 e. The molecule has 0 bridgehead atoms. The van der Waals surface area contributed by atoms with E-state index in [1.54, 1.807) is 33.5 Å². The van der Waals surface area contributed by atoms with Crippen LogP contribution in [-0.2, 0) is 18.8 Å². The molecule has 0 aliphatic carbocycles. The van der Waals surface area contributed by atoms with Gasteiger partial charge in [-0.2, -0.15) is 0 Å². The van der Waals surface area contributed by atoms with Gasteiger partial charge in [-0.15, -0.1) is 0 Å². The molecule has 0 atom stereocenters. The lowest BCUT2D eigenvalue weighted by atomic mass is 10.1. The molecule has 5 nitrogen and oxygen atoms in total. The van der Waals surface area contributed by atoms with Crippen molar-refractivity contribution >= 4 is 24.3 Å². The minimum Gasteiger partial charge on any atom is -0.347 e. The molecule has 0 spiro atoms. The fraction of sp³-hybridized carbons (Fsp3) is 0.700. The number of rotatable bonds is 6. The first-order valence-corrected chi connectivity index (χ1v) is 10.2. The fourth-order valence-electron chi connectivity index (χ4n) is 1.27. The van der Waals surface area contributed by atoms with Gasteiger partial charge in [-0.25, -0.2) is 8.42 Å². The predicted octanol–water partition coefficient (Wildman–Crippen LogP) is 1.25. The Balaban J connectivity index is 4.71. The molecule has 0 aromatic heterocycles. The van der Waals surface area contributed by atoms with Crippen LogP contribution in [-0.4, -0.2) is 33.9 Å². The van der Waals surface area contributed by atoms with Crippen LogP contribution in [0, 0.1) is 0 Å². The molecule has 0 aromatic rings. The van der Waals surface area contributed by atoms with E-state index in [0.717, 1.165) is 6.08 Å². The van der Waals surface area contributed by atoms with E-state index in [4.69, 9.17) is 3.87 Å². The van der Waals surface area contributed by atoms with E-state index < -0.39 is 29.9 Å². The second-order valence-electron chi connectivity index (χ2n) is 5.47. The summed E-state index contributed by atoms with van der Waals surface area (Å²) in [5.74, 6) is -0.665. The van der Waals surface area contributed by atoms with Gasteiger partial charge < -0.3 is 9.19 Å². The molecule has 0 saturated carbocycles. The number of nitrogens with one attached hydrogen (secondary N) is 1.